The van der Waals surface area contributed by atoms with Crippen molar-refractivity contribution in [2.24, 2.45) is 7.05 Å². The lowest BCUT2D eigenvalue weighted by atomic mass is 10.3. The second kappa shape index (κ2) is 6.71. The average molecular weight is 348 g/mol. The summed E-state index contributed by atoms with van der Waals surface area (Å²) in [5.41, 5.74) is 0.755. The van der Waals surface area contributed by atoms with Crippen molar-refractivity contribution in [1.29, 1.82) is 0 Å². The van der Waals surface area contributed by atoms with Crippen LogP contribution in [0.2, 0.25) is 5.02 Å². The molecular weight excluding hydrogens is 338 g/mol. The summed E-state index contributed by atoms with van der Waals surface area (Å²) in [5, 5.41) is 15.1. The molecule has 0 aliphatic heterocycles. The number of aryl methyl sites for hydroxylation is 1. The topological polar surface area (TPSA) is 98.5 Å². The van der Waals surface area contributed by atoms with Gasteiger partial charge in [-0.25, -0.2) is 9.67 Å². The van der Waals surface area contributed by atoms with Crippen LogP contribution >= 0.6 is 23.4 Å². The highest BCUT2D eigenvalue weighted by molar-refractivity contribution is 7.99. The number of nitrogens with one attached hydrogen (secondary N) is 1. The highest BCUT2D eigenvalue weighted by Gasteiger charge is 2.14. The Morgan fingerprint density at radius 2 is 2.22 bits per heavy atom. The van der Waals surface area contributed by atoms with E-state index in [0.717, 1.165) is 4.90 Å². The molecule has 0 unspecified atom stereocenters. The first-order chi connectivity index (χ1) is 11.1. The van der Waals surface area contributed by atoms with Crippen LogP contribution in [-0.2, 0) is 7.05 Å². The first-order valence-electron chi connectivity index (χ1n) is 6.40. The van der Waals surface area contributed by atoms with E-state index in [1.807, 2.05) is 0 Å². The Balaban J connectivity index is 1.87. The molecule has 0 spiro atoms. The molecule has 1 aromatic carbocycles. The van der Waals surface area contributed by atoms with Crippen molar-refractivity contribution in [2.75, 3.05) is 5.32 Å². The van der Waals surface area contributed by atoms with Gasteiger partial charge in [0.25, 0.3) is 5.91 Å². The second-order valence-corrected chi connectivity index (χ2v) is 5.82. The van der Waals surface area contributed by atoms with Gasteiger partial charge in [0.15, 0.2) is 0 Å². The predicted octanol–water partition coefficient (Wildman–Crippen LogP) is 2.06. The number of halogens is 1. The van der Waals surface area contributed by atoms with Gasteiger partial charge in [0.05, 0.1) is 11.9 Å². The number of aromatic nitrogens is 6. The summed E-state index contributed by atoms with van der Waals surface area (Å²) in [7, 11) is 1.73. The lowest BCUT2D eigenvalue weighted by molar-refractivity contribution is 0.102. The van der Waals surface area contributed by atoms with Crippen LogP contribution in [0, 0.1) is 0 Å². The summed E-state index contributed by atoms with van der Waals surface area (Å²) >= 11 is 7.34. The minimum atomic E-state index is -0.377. The number of hydrogen-bond donors (Lipinski definition) is 1. The standard InChI is InChI=1S/C13H10ClN7OS/c1-21-13(18-19-20-21)23-11-3-2-8(14)6-9(11)17-12(22)10-7-15-4-5-16-10/h2-7H,1H3,(H,17,22). The fourth-order valence-corrected chi connectivity index (χ4v) is 2.67. The van der Waals surface area contributed by atoms with Crippen LogP contribution in [0.1, 0.15) is 10.5 Å². The van der Waals surface area contributed by atoms with Crippen LogP contribution in [0.4, 0.5) is 5.69 Å². The summed E-state index contributed by atoms with van der Waals surface area (Å²) in [6, 6.07) is 5.17. The molecule has 1 N–H and O–H groups in total. The Labute approximate surface area is 140 Å². The third-order valence-electron chi connectivity index (χ3n) is 2.77. The van der Waals surface area contributed by atoms with Crippen molar-refractivity contribution in [3.8, 4) is 0 Å². The van der Waals surface area contributed by atoms with E-state index in [0.29, 0.717) is 15.9 Å². The van der Waals surface area contributed by atoms with Gasteiger partial charge in [-0.15, -0.1) is 5.10 Å². The van der Waals surface area contributed by atoms with Gasteiger partial charge in [0.2, 0.25) is 5.16 Å². The van der Waals surface area contributed by atoms with Crippen LogP contribution < -0.4 is 5.32 Å². The predicted molar refractivity (Wildman–Crippen MR) is 84.4 cm³/mol. The molecule has 2 aromatic heterocycles. The van der Waals surface area contributed by atoms with E-state index < -0.39 is 0 Å². The maximum Gasteiger partial charge on any atom is 0.275 e. The van der Waals surface area contributed by atoms with E-state index in [2.05, 4.69) is 30.8 Å². The van der Waals surface area contributed by atoms with Gasteiger partial charge in [-0.05, 0) is 40.4 Å². The van der Waals surface area contributed by atoms with E-state index in [4.69, 9.17) is 11.6 Å². The molecule has 0 atom stereocenters. The largest absolute Gasteiger partial charge is 0.319 e. The zero-order chi connectivity index (χ0) is 16.2. The smallest absolute Gasteiger partial charge is 0.275 e. The minimum absolute atomic E-state index is 0.212. The molecule has 0 saturated carbocycles. The highest BCUT2D eigenvalue weighted by atomic mass is 35.5. The fourth-order valence-electron chi connectivity index (χ4n) is 1.70. The first-order valence-corrected chi connectivity index (χ1v) is 7.60. The molecule has 0 aliphatic rings. The molecule has 2 heterocycles. The Morgan fingerprint density at radius 3 is 2.91 bits per heavy atom. The van der Waals surface area contributed by atoms with Crippen LogP contribution in [0.3, 0.4) is 0 Å². The maximum absolute atomic E-state index is 12.2. The molecule has 23 heavy (non-hydrogen) atoms. The van der Waals surface area contributed by atoms with Gasteiger partial charge in [0, 0.05) is 29.4 Å². The van der Waals surface area contributed by atoms with Gasteiger partial charge in [0.1, 0.15) is 5.69 Å². The number of hydrogen-bond acceptors (Lipinski definition) is 7. The third kappa shape index (κ3) is 3.63. The van der Waals surface area contributed by atoms with Crippen molar-refractivity contribution in [3.63, 3.8) is 0 Å². The molecule has 8 nitrogen and oxygen atoms in total. The number of benzene rings is 1. The minimum Gasteiger partial charge on any atom is -0.319 e. The maximum atomic E-state index is 12.2. The van der Waals surface area contributed by atoms with Gasteiger partial charge >= 0.3 is 0 Å². The third-order valence-corrected chi connectivity index (χ3v) is 4.11. The van der Waals surface area contributed by atoms with Crippen LogP contribution in [0.25, 0.3) is 0 Å². The number of carbonyl (C=O) groups excluding carboxylic acids is 1. The Morgan fingerprint density at radius 1 is 1.35 bits per heavy atom. The second-order valence-electron chi connectivity index (χ2n) is 4.37. The lowest BCUT2D eigenvalue weighted by Gasteiger charge is -2.10. The first kappa shape index (κ1) is 15.4. The Kier molecular flexibility index (Phi) is 4.49. The van der Waals surface area contributed by atoms with Gasteiger partial charge in [-0.2, -0.15) is 0 Å². The summed E-state index contributed by atoms with van der Waals surface area (Å²) in [5.74, 6) is -0.377. The van der Waals surface area contributed by atoms with Crippen molar-refractivity contribution in [2.45, 2.75) is 10.1 Å². The number of anilines is 1. The summed E-state index contributed by atoms with van der Waals surface area (Å²) < 4.78 is 1.54. The normalized spacial score (nSPS) is 10.5. The summed E-state index contributed by atoms with van der Waals surface area (Å²) in [4.78, 5) is 20.8. The molecule has 3 aromatic rings. The Bertz CT molecular complexity index is 839. The molecule has 0 bridgehead atoms. The van der Waals surface area contributed by atoms with Crippen molar-refractivity contribution in [3.05, 3.63) is 47.5 Å². The van der Waals surface area contributed by atoms with E-state index in [-0.39, 0.29) is 11.6 Å². The van der Waals surface area contributed by atoms with Crippen molar-refractivity contribution in [1.82, 2.24) is 30.2 Å². The summed E-state index contributed by atoms with van der Waals surface area (Å²) in [6.45, 7) is 0. The monoisotopic (exact) mass is 347 g/mol. The van der Waals surface area contributed by atoms with Crippen LogP contribution in [0.15, 0.2) is 46.8 Å². The average Bonchev–Trinajstić information content (AvgIpc) is 2.96. The molecule has 0 saturated heterocycles. The van der Waals surface area contributed by atoms with Gasteiger partial charge in [-0.3, -0.25) is 9.78 Å². The lowest BCUT2D eigenvalue weighted by Crippen LogP contribution is -2.14. The zero-order valence-corrected chi connectivity index (χ0v) is 13.4. The van der Waals surface area contributed by atoms with E-state index in [9.17, 15) is 4.79 Å². The number of rotatable bonds is 4. The number of amides is 1. The summed E-state index contributed by atoms with van der Waals surface area (Å²) in [6.07, 6.45) is 4.34. The van der Waals surface area contributed by atoms with Gasteiger partial charge < -0.3 is 5.32 Å². The number of nitrogens with zero attached hydrogens (tertiary/aromatic N) is 6. The van der Waals surface area contributed by atoms with Crippen LogP contribution in [-0.4, -0.2) is 36.1 Å². The number of carbonyl (C=O) groups is 1. The number of tetrazole rings is 1. The fraction of sp³-hybridized carbons (Fsp3) is 0.0769. The van der Waals surface area contributed by atoms with Crippen molar-refractivity contribution >= 4 is 35.0 Å². The highest BCUT2D eigenvalue weighted by Crippen LogP contribution is 2.33. The molecule has 116 valence electrons. The zero-order valence-electron chi connectivity index (χ0n) is 11.8. The molecule has 3 rings (SSSR count). The Hall–Kier alpha value is -2.52. The van der Waals surface area contributed by atoms with Crippen molar-refractivity contribution < 1.29 is 4.79 Å². The quantitative estimate of drug-likeness (QED) is 0.771. The molecular formula is C13H10ClN7OS. The molecule has 0 fully saturated rings. The van der Waals surface area contributed by atoms with E-state index in [1.165, 1.54) is 35.0 Å². The van der Waals surface area contributed by atoms with E-state index >= 15 is 0 Å². The van der Waals surface area contributed by atoms with Crippen LogP contribution in [0.5, 0.6) is 0 Å². The van der Waals surface area contributed by atoms with Gasteiger partial charge in [-0.1, -0.05) is 11.6 Å². The molecule has 0 aliphatic carbocycles. The molecule has 0 radical (unpaired) electrons. The molecule has 1 amide bonds. The molecule has 10 heteroatoms. The SMILES string of the molecule is Cn1nnnc1Sc1ccc(Cl)cc1NC(=O)c1cnccn1. The van der Waals surface area contributed by atoms with E-state index in [1.54, 1.807) is 25.2 Å².